The van der Waals surface area contributed by atoms with Crippen molar-refractivity contribution in [2.45, 2.75) is 68.8 Å². The number of carbonyl (C=O) groups excluding carboxylic acids is 4. The van der Waals surface area contributed by atoms with Gasteiger partial charge in [-0.2, -0.15) is 0 Å². The van der Waals surface area contributed by atoms with E-state index in [1.165, 1.54) is 7.11 Å². The predicted octanol–water partition coefficient (Wildman–Crippen LogP) is 12.6. The zero-order chi connectivity index (χ0) is 43.9. The molecule has 0 saturated heterocycles. The maximum atomic E-state index is 13.7. The van der Waals surface area contributed by atoms with E-state index < -0.39 is 11.6 Å². The van der Waals surface area contributed by atoms with Crippen molar-refractivity contribution < 1.29 is 28.7 Å². The summed E-state index contributed by atoms with van der Waals surface area (Å²) in [6.45, 7) is 0. The summed E-state index contributed by atoms with van der Waals surface area (Å²) in [6, 6.07) is 28.3. The topological polar surface area (TPSA) is 161 Å². The molecule has 12 nitrogen and oxygen atoms in total. The van der Waals surface area contributed by atoms with Crippen molar-refractivity contribution in [3.8, 4) is 20.9 Å². The normalized spacial score (nSPS) is 19.6. The van der Waals surface area contributed by atoms with Crippen LogP contribution in [0.1, 0.15) is 73.2 Å². The first-order chi connectivity index (χ1) is 30.5. The number of methoxy groups -OCH3 is 1. The maximum Gasteiger partial charge on any atom is 0.350 e. The Balaban J connectivity index is 0.806. The second-order valence-electron chi connectivity index (χ2n) is 15.7. The second kappa shape index (κ2) is 19.7. The number of rotatable bonds is 11. The molecular weight excluding hydrogens is 880 g/mol. The predicted molar refractivity (Wildman–Crippen MR) is 250 cm³/mol. The molecule has 4 N–H and O–H groups in total. The van der Waals surface area contributed by atoms with Gasteiger partial charge in [-0.3, -0.25) is 4.79 Å². The van der Waals surface area contributed by atoms with Crippen molar-refractivity contribution in [1.82, 2.24) is 9.97 Å². The minimum atomic E-state index is -1.32. The van der Waals surface area contributed by atoms with Crippen molar-refractivity contribution in [2.75, 3.05) is 28.4 Å². The first-order valence-electron chi connectivity index (χ1n) is 20.6. The maximum absolute atomic E-state index is 13.7. The van der Waals surface area contributed by atoms with Crippen molar-refractivity contribution in [3.05, 3.63) is 130 Å². The number of hydrogen-bond donors (Lipinski definition) is 4. The summed E-state index contributed by atoms with van der Waals surface area (Å²) in [7, 11) is 1.34. The molecule has 4 amide bonds. The van der Waals surface area contributed by atoms with Gasteiger partial charge >= 0.3 is 24.0 Å². The van der Waals surface area contributed by atoms with Gasteiger partial charge in [0.05, 0.1) is 32.8 Å². The van der Waals surface area contributed by atoms with E-state index in [9.17, 15) is 19.2 Å². The Morgan fingerprint density at radius 3 is 1.49 bits per heavy atom. The molecular formula is C47H44Cl2N6O6S2. The molecule has 2 aromatic heterocycles. The number of carbonyl (C=O) groups is 4. The van der Waals surface area contributed by atoms with Crippen LogP contribution < -0.4 is 21.3 Å². The summed E-state index contributed by atoms with van der Waals surface area (Å²) >= 11 is 15.3. The summed E-state index contributed by atoms with van der Waals surface area (Å²) < 4.78 is 11.4. The number of esters is 2. The summed E-state index contributed by atoms with van der Waals surface area (Å²) in [5.41, 5.74) is 3.12. The lowest BCUT2D eigenvalue weighted by Crippen LogP contribution is -2.48. The Kier molecular flexibility index (Phi) is 13.7. The van der Waals surface area contributed by atoms with Crippen molar-refractivity contribution >= 4 is 92.6 Å². The third-order valence-electron chi connectivity index (χ3n) is 11.5. The lowest BCUT2D eigenvalue weighted by Gasteiger charge is -2.38. The third kappa shape index (κ3) is 10.9. The van der Waals surface area contributed by atoms with E-state index in [1.54, 1.807) is 71.2 Å². The third-order valence-corrected chi connectivity index (χ3v) is 14.4. The smallest absolute Gasteiger partial charge is 0.350 e. The number of anilines is 4. The molecule has 0 radical (unpaired) electrons. The van der Waals surface area contributed by atoms with Gasteiger partial charge < -0.3 is 30.7 Å². The molecule has 6 aromatic rings. The van der Waals surface area contributed by atoms with Crippen LogP contribution in [0, 0.1) is 5.92 Å². The van der Waals surface area contributed by atoms with E-state index in [0.717, 1.165) is 43.7 Å². The van der Waals surface area contributed by atoms with Gasteiger partial charge in [0.25, 0.3) is 0 Å². The molecule has 2 aliphatic carbocycles. The van der Waals surface area contributed by atoms with E-state index in [1.807, 2.05) is 60.9 Å². The summed E-state index contributed by atoms with van der Waals surface area (Å²) in [6.07, 6.45) is 8.54. The number of ether oxygens (including phenoxy) is 2. The average Bonchev–Trinajstić information content (AvgIpc) is 3.99. The number of nitrogens with one attached hydrogen (secondary N) is 4. The highest BCUT2D eigenvalue weighted by Gasteiger charge is 2.48. The molecule has 324 valence electrons. The van der Waals surface area contributed by atoms with Crippen molar-refractivity contribution in [1.29, 1.82) is 0 Å². The van der Waals surface area contributed by atoms with E-state index in [0.29, 0.717) is 71.3 Å². The van der Waals surface area contributed by atoms with Crippen LogP contribution in [0.2, 0.25) is 10.0 Å². The molecule has 63 heavy (non-hydrogen) atoms. The van der Waals surface area contributed by atoms with Crippen LogP contribution in [-0.4, -0.2) is 46.7 Å². The first kappa shape index (κ1) is 43.8. The minimum absolute atomic E-state index is 0.108. The molecule has 2 fully saturated rings. The van der Waals surface area contributed by atoms with Crippen LogP contribution in [0.5, 0.6) is 0 Å². The highest BCUT2D eigenvalue weighted by molar-refractivity contribution is 7.15. The van der Waals surface area contributed by atoms with Crippen LogP contribution in [0.15, 0.2) is 109 Å². The largest absolute Gasteiger partial charge is 0.466 e. The van der Waals surface area contributed by atoms with Crippen LogP contribution >= 0.6 is 45.9 Å². The molecule has 8 rings (SSSR count). The van der Waals surface area contributed by atoms with Crippen molar-refractivity contribution in [2.24, 2.45) is 5.92 Å². The summed E-state index contributed by atoms with van der Waals surface area (Å²) in [4.78, 5) is 63.4. The summed E-state index contributed by atoms with van der Waals surface area (Å²) in [5, 5.41) is 14.3. The standard InChI is InChI=1S/C47H44Cl2N6O6S2/c1-60-44(57)47(22-20-31(21-23-47)42-51-27-40(63-42)29-14-18-36(19-15-29)53-46(59)55-38-7-3-5-34(49)25-38)61-43(56)32-10-8-30(9-11-32)41-50-26-39(62-41)28-12-16-35(17-13-28)52-45(58)54-37-6-2-4-33(48)24-37/h2-7,12-19,24-27,30-32H,8-11,20-23H2,1H3,(H2,52,54,58)(H2,53,55,59). The van der Waals surface area contributed by atoms with E-state index in [-0.39, 0.29) is 35.8 Å². The van der Waals surface area contributed by atoms with E-state index >= 15 is 0 Å². The summed E-state index contributed by atoms with van der Waals surface area (Å²) in [5.74, 6) is -0.840. The fourth-order valence-electron chi connectivity index (χ4n) is 8.09. The fraction of sp³-hybridized carbons (Fsp3) is 0.277. The zero-order valence-electron chi connectivity index (χ0n) is 34.2. The van der Waals surface area contributed by atoms with Gasteiger partial charge in [0.15, 0.2) is 0 Å². The lowest BCUT2D eigenvalue weighted by atomic mass is 9.78. The Labute approximate surface area is 382 Å². The molecule has 0 atom stereocenters. The van der Waals surface area contributed by atoms with Gasteiger partial charge in [-0.15, -0.1) is 22.7 Å². The molecule has 0 bridgehead atoms. The Hall–Kier alpha value is -5.80. The molecule has 2 aliphatic rings. The van der Waals surface area contributed by atoms with Crippen LogP contribution in [0.3, 0.4) is 0 Å². The number of urea groups is 2. The molecule has 0 spiro atoms. The number of amides is 4. The molecule has 0 aliphatic heterocycles. The fourth-order valence-corrected chi connectivity index (χ4v) is 10.7. The molecule has 16 heteroatoms. The Morgan fingerprint density at radius 2 is 1.05 bits per heavy atom. The van der Waals surface area contributed by atoms with Gasteiger partial charge in [0, 0.05) is 57.0 Å². The van der Waals surface area contributed by atoms with Crippen LogP contribution in [-0.2, 0) is 19.1 Å². The average molecular weight is 924 g/mol. The minimum Gasteiger partial charge on any atom is -0.466 e. The molecule has 0 unspecified atom stereocenters. The number of halogens is 2. The molecule has 2 heterocycles. The highest BCUT2D eigenvalue weighted by atomic mass is 35.5. The van der Waals surface area contributed by atoms with Crippen LogP contribution in [0.4, 0.5) is 32.3 Å². The number of nitrogens with zero attached hydrogens (tertiary/aromatic N) is 2. The van der Waals surface area contributed by atoms with Gasteiger partial charge in [0.2, 0.25) is 5.60 Å². The van der Waals surface area contributed by atoms with Crippen molar-refractivity contribution in [3.63, 3.8) is 0 Å². The van der Waals surface area contributed by atoms with E-state index in [2.05, 4.69) is 21.3 Å². The number of thiazole rings is 2. The number of hydrogen-bond acceptors (Lipinski definition) is 10. The van der Waals surface area contributed by atoms with E-state index in [4.69, 9.17) is 42.6 Å². The van der Waals surface area contributed by atoms with Gasteiger partial charge in [0.1, 0.15) is 0 Å². The Morgan fingerprint density at radius 1 is 0.603 bits per heavy atom. The molecule has 2 saturated carbocycles. The zero-order valence-corrected chi connectivity index (χ0v) is 37.3. The SMILES string of the molecule is COC(=O)C1(OC(=O)C2CCC(c3ncc(-c4ccc(NC(=O)Nc5cccc(Cl)c5)cc4)s3)CC2)CCC(c2ncc(-c3ccc(NC(=O)Nc4cccc(Cl)c4)cc3)s2)CC1. The highest BCUT2D eigenvalue weighted by Crippen LogP contribution is 2.45. The van der Waals surface area contributed by atoms with Gasteiger partial charge in [-0.05, 0) is 123 Å². The number of aromatic nitrogens is 2. The second-order valence-corrected chi connectivity index (χ2v) is 18.7. The van der Waals surface area contributed by atoms with Crippen LogP contribution in [0.25, 0.3) is 20.9 Å². The monoisotopic (exact) mass is 922 g/mol. The van der Waals surface area contributed by atoms with Gasteiger partial charge in [-0.25, -0.2) is 24.4 Å². The van der Waals surface area contributed by atoms with Gasteiger partial charge in [-0.1, -0.05) is 59.6 Å². The first-order valence-corrected chi connectivity index (χ1v) is 23.0. The quantitative estimate of drug-likeness (QED) is 0.0934. The molecule has 4 aromatic carbocycles. The lowest BCUT2D eigenvalue weighted by molar-refractivity contribution is -0.188. The number of benzene rings is 4. The Bertz CT molecular complexity index is 2590.